The van der Waals surface area contributed by atoms with Gasteiger partial charge in [-0.1, -0.05) is 0 Å². The van der Waals surface area contributed by atoms with E-state index in [0.29, 0.717) is 5.56 Å². The molecule has 0 saturated carbocycles. The lowest BCUT2D eigenvalue weighted by molar-refractivity contribution is 0.0992. The lowest BCUT2D eigenvalue weighted by Crippen LogP contribution is -2.26. The van der Waals surface area contributed by atoms with Crippen molar-refractivity contribution in [3.63, 3.8) is 0 Å². The third-order valence-electron chi connectivity index (χ3n) is 2.71. The Hall–Kier alpha value is -2.43. The number of pyridine rings is 2. The van der Waals surface area contributed by atoms with Crippen molar-refractivity contribution in [3.05, 3.63) is 48.4 Å². The van der Waals surface area contributed by atoms with Gasteiger partial charge in [-0.25, -0.2) is 4.98 Å². The molecule has 0 saturated heterocycles. The highest BCUT2D eigenvalue weighted by atomic mass is 16.2. The Balaban J connectivity index is 2.15. The summed E-state index contributed by atoms with van der Waals surface area (Å²) in [6, 6.07) is 7.20. The van der Waals surface area contributed by atoms with Crippen LogP contribution < -0.4 is 10.2 Å². The molecule has 5 heteroatoms. The molecule has 0 atom stereocenters. The normalized spacial score (nSPS) is 10.0. The van der Waals surface area contributed by atoms with Gasteiger partial charge in [0.2, 0.25) is 0 Å². The standard InChI is InChI=1S/C14H16N4O/c1-3-16-13-7-6-11(9-17-13)14(19)18(2)12-5-4-8-15-10-12/h4-10H,3H2,1-2H3,(H,16,17). The van der Waals surface area contributed by atoms with Crippen LogP contribution in [-0.2, 0) is 0 Å². The summed E-state index contributed by atoms with van der Waals surface area (Å²) in [5.74, 6) is 0.659. The third-order valence-corrected chi connectivity index (χ3v) is 2.71. The molecule has 1 amide bonds. The van der Waals surface area contributed by atoms with Crippen LogP contribution in [0.25, 0.3) is 0 Å². The Labute approximate surface area is 112 Å². The maximum atomic E-state index is 12.3. The van der Waals surface area contributed by atoms with Gasteiger partial charge in [0.25, 0.3) is 5.91 Å². The minimum Gasteiger partial charge on any atom is -0.370 e. The molecule has 0 aliphatic carbocycles. The number of carbonyl (C=O) groups is 1. The van der Waals surface area contributed by atoms with Crippen molar-refractivity contribution in [1.29, 1.82) is 0 Å². The molecule has 0 spiro atoms. The first kappa shape index (κ1) is 13.0. The summed E-state index contributed by atoms with van der Waals surface area (Å²) in [5, 5.41) is 3.09. The molecule has 0 bridgehead atoms. The monoisotopic (exact) mass is 256 g/mol. The minimum absolute atomic E-state index is 0.108. The van der Waals surface area contributed by atoms with E-state index in [0.717, 1.165) is 18.1 Å². The molecular formula is C14H16N4O. The van der Waals surface area contributed by atoms with Crippen molar-refractivity contribution in [3.8, 4) is 0 Å². The van der Waals surface area contributed by atoms with Gasteiger partial charge in [0.1, 0.15) is 5.82 Å². The van der Waals surface area contributed by atoms with Gasteiger partial charge >= 0.3 is 0 Å². The molecule has 0 aromatic carbocycles. The quantitative estimate of drug-likeness (QED) is 0.911. The summed E-state index contributed by atoms with van der Waals surface area (Å²) >= 11 is 0. The molecule has 98 valence electrons. The van der Waals surface area contributed by atoms with Crippen molar-refractivity contribution >= 4 is 17.4 Å². The van der Waals surface area contributed by atoms with E-state index in [4.69, 9.17) is 0 Å². The van der Waals surface area contributed by atoms with Crippen LogP contribution in [0, 0.1) is 0 Å². The number of hydrogen-bond donors (Lipinski definition) is 1. The fourth-order valence-corrected chi connectivity index (χ4v) is 1.67. The predicted molar refractivity (Wildman–Crippen MR) is 75.4 cm³/mol. The summed E-state index contributed by atoms with van der Waals surface area (Å²) in [5.41, 5.74) is 1.30. The van der Waals surface area contributed by atoms with E-state index in [1.54, 1.807) is 48.7 Å². The maximum absolute atomic E-state index is 12.3. The van der Waals surface area contributed by atoms with Gasteiger partial charge in [0.15, 0.2) is 0 Å². The second kappa shape index (κ2) is 5.95. The average molecular weight is 256 g/mol. The molecule has 2 rings (SSSR count). The fourth-order valence-electron chi connectivity index (χ4n) is 1.67. The summed E-state index contributed by atoms with van der Waals surface area (Å²) < 4.78 is 0. The van der Waals surface area contributed by atoms with E-state index < -0.39 is 0 Å². The molecule has 5 nitrogen and oxygen atoms in total. The number of amides is 1. The summed E-state index contributed by atoms with van der Waals surface area (Å²) in [7, 11) is 1.72. The van der Waals surface area contributed by atoms with Gasteiger partial charge in [0, 0.05) is 26.0 Å². The second-order valence-electron chi connectivity index (χ2n) is 4.04. The maximum Gasteiger partial charge on any atom is 0.259 e. The van der Waals surface area contributed by atoms with Crippen LogP contribution in [0.2, 0.25) is 0 Å². The van der Waals surface area contributed by atoms with E-state index in [-0.39, 0.29) is 5.91 Å². The van der Waals surface area contributed by atoms with Gasteiger partial charge in [-0.05, 0) is 31.2 Å². The lowest BCUT2D eigenvalue weighted by atomic mass is 10.2. The first-order chi connectivity index (χ1) is 9.22. The topological polar surface area (TPSA) is 58.1 Å². The highest BCUT2D eigenvalue weighted by Gasteiger charge is 2.13. The number of nitrogens with one attached hydrogen (secondary N) is 1. The van der Waals surface area contributed by atoms with Gasteiger partial charge in [-0.3, -0.25) is 9.78 Å². The second-order valence-corrected chi connectivity index (χ2v) is 4.04. The van der Waals surface area contributed by atoms with Crippen LogP contribution in [0.3, 0.4) is 0 Å². The number of anilines is 2. The summed E-state index contributed by atoms with van der Waals surface area (Å²) in [6.45, 7) is 2.80. The summed E-state index contributed by atoms with van der Waals surface area (Å²) in [4.78, 5) is 22.0. The average Bonchev–Trinajstić information content (AvgIpc) is 2.48. The minimum atomic E-state index is -0.108. The summed E-state index contributed by atoms with van der Waals surface area (Å²) in [6.07, 6.45) is 4.90. The highest BCUT2D eigenvalue weighted by molar-refractivity contribution is 6.05. The Morgan fingerprint density at radius 3 is 2.74 bits per heavy atom. The SMILES string of the molecule is CCNc1ccc(C(=O)N(C)c2cccnc2)cn1. The van der Waals surface area contributed by atoms with E-state index in [1.807, 2.05) is 13.0 Å². The zero-order valence-electron chi connectivity index (χ0n) is 11.0. The van der Waals surface area contributed by atoms with E-state index in [1.165, 1.54) is 0 Å². The van der Waals surface area contributed by atoms with Crippen molar-refractivity contribution in [2.45, 2.75) is 6.92 Å². The van der Waals surface area contributed by atoms with Crippen molar-refractivity contribution in [2.24, 2.45) is 0 Å². The number of aromatic nitrogens is 2. The van der Waals surface area contributed by atoms with Gasteiger partial charge in [0.05, 0.1) is 17.4 Å². The Kier molecular flexibility index (Phi) is 4.07. The van der Waals surface area contributed by atoms with E-state index >= 15 is 0 Å². The molecule has 0 aliphatic heterocycles. The highest BCUT2D eigenvalue weighted by Crippen LogP contribution is 2.14. The Morgan fingerprint density at radius 2 is 2.16 bits per heavy atom. The first-order valence-electron chi connectivity index (χ1n) is 6.10. The molecule has 0 fully saturated rings. The zero-order chi connectivity index (χ0) is 13.7. The van der Waals surface area contributed by atoms with Crippen molar-refractivity contribution in [1.82, 2.24) is 9.97 Å². The molecule has 2 heterocycles. The molecule has 0 aliphatic rings. The van der Waals surface area contributed by atoms with Gasteiger partial charge < -0.3 is 10.2 Å². The van der Waals surface area contributed by atoms with E-state index in [9.17, 15) is 4.79 Å². The zero-order valence-corrected chi connectivity index (χ0v) is 11.0. The van der Waals surface area contributed by atoms with Crippen LogP contribution in [-0.4, -0.2) is 29.5 Å². The van der Waals surface area contributed by atoms with Crippen molar-refractivity contribution in [2.75, 3.05) is 23.8 Å². The molecule has 0 unspecified atom stereocenters. The lowest BCUT2D eigenvalue weighted by Gasteiger charge is -2.16. The molecule has 19 heavy (non-hydrogen) atoms. The fraction of sp³-hybridized carbons (Fsp3) is 0.214. The smallest absolute Gasteiger partial charge is 0.259 e. The van der Waals surface area contributed by atoms with Gasteiger partial charge in [-0.2, -0.15) is 0 Å². The van der Waals surface area contributed by atoms with Crippen LogP contribution in [0.15, 0.2) is 42.9 Å². The Bertz CT molecular complexity index is 539. The first-order valence-corrected chi connectivity index (χ1v) is 6.10. The van der Waals surface area contributed by atoms with Crippen LogP contribution in [0.4, 0.5) is 11.5 Å². The number of carbonyl (C=O) groups excluding carboxylic acids is 1. The largest absolute Gasteiger partial charge is 0.370 e. The number of hydrogen-bond acceptors (Lipinski definition) is 4. The number of nitrogens with zero attached hydrogens (tertiary/aromatic N) is 3. The molecular weight excluding hydrogens is 240 g/mol. The molecule has 0 radical (unpaired) electrons. The van der Waals surface area contributed by atoms with Crippen LogP contribution >= 0.6 is 0 Å². The number of rotatable bonds is 4. The molecule has 1 N–H and O–H groups in total. The predicted octanol–water partition coefficient (Wildman–Crippen LogP) is 2.18. The molecule has 2 aromatic rings. The van der Waals surface area contributed by atoms with Crippen LogP contribution in [0.1, 0.15) is 17.3 Å². The van der Waals surface area contributed by atoms with Crippen LogP contribution in [0.5, 0.6) is 0 Å². The van der Waals surface area contributed by atoms with Gasteiger partial charge in [-0.15, -0.1) is 0 Å². The third kappa shape index (κ3) is 3.07. The Morgan fingerprint density at radius 1 is 1.32 bits per heavy atom. The molecule has 2 aromatic heterocycles. The van der Waals surface area contributed by atoms with Crippen molar-refractivity contribution < 1.29 is 4.79 Å². The van der Waals surface area contributed by atoms with E-state index in [2.05, 4.69) is 15.3 Å².